The van der Waals surface area contributed by atoms with E-state index in [9.17, 15) is 9.59 Å². The number of hydrogen-bond donors (Lipinski definition) is 1. The highest BCUT2D eigenvalue weighted by Gasteiger charge is 2.40. The van der Waals surface area contributed by atoms with Crippen LogP contribution in [0.15, 0.2) is 36.7 Å². The van der Waals surface area contributed by atoms with Gasteiger partial charge in [0.2, 0.25) is 11.9 Å². The Morgan fingerprint density at radius 3 is 2.64 bits per heavy atom. The second kappa shape index (κ2) is 6.92. The van der Waals surface area contributed by atoms with E-state index in [-0.39, 0.29) is 30.5 Å². The number of urea groups is 1. The summed E-state index contributed by atoms with van der Waals surface area (Å²) in [6.45, 7) is 2.90. The van der Waals surface area contributed by atoms with Gasteiger partial charge in [-0.15, -0.1) is 5.10 Å². The highest BCUT2D eigenvalue weighted by molar-refractivity contribution is 5.88. The summed E-state index contributed by atoms with van der Waals surface area (Å²) in [6.07, 6.45) is 1.43. The molecule has 1 fully saturated rings. The fourth-order valence-corrected chi connectivity index (χ4v) is 2.94. The molecule has 0 aliphatic carbocycles. The fraction of sp³-hybridized carbons (Fsp3) is 0.412. The standard InChI is InChI=1S/C17H22N6O2/c1-12-9-23(15(12)13-7-5-4-6-8-13)17(25)19-16-18-11-22(20-16)10-14(24)21(2)3/h4-8,11-12,15H,9-10H2,1-3H3,(H,19,20,25). The Balaban J connectivity index is 1.63. The van der Waals surface area contributed by atoms with Crippen molar-refractivity contribution in [1.29, 1.82) is 0 Å². The summed E-state index contributed by atoms with van der Waals surface area (Å²) < 4.78 is 1.41. The summed E-state index contributed by atoms with van der Waals surface area (Å²) in [5, 5.41) is 6.84. The molecule has 8 heteroatoms. The second-order valence-corrected chi connectivity index (χ2v) is 6.47. The Morgan fingerprint density at radius 2 is 2.00 bits per heavy atom. The van der Waals surface area contributed by atoms with E-state index in [0.29, 0.717) is 12.5 Å². The van der Waals surface area contributed by atoms with Crippen molar-refractivity contribution in [2.45, 2.75) is 19.5 Å². The zero-order chi connectivity index (χ0) is 18.0. The minimum atomic E-state index is -0.233. The fourth-order valence-electron chi connectivity index (χ4n) is 2.94. The average Bonchev–Trinajstić information content (AvgIpc) is 3.00. The first-order valence-electron chi connectivity index (χ1n) is 8.18. The smallest absolute Gasteiger partial charge is 0.324 e. The van der Waals surface area contributed by atoms with Crippen molar-refractivity contribution in [3.63, 3.8) is 0 Å². The number of anilines is 1. The van der Waals surface area contributed by atoms with Crippen LogP contribution in [0.4, 0.5) is 10.7 Å². The number of carbonyl (C=O) groups is 2. The van der Waals surface area contributed by atoms with Crippen LogP contribution >= 0.6 is 0 Å². The van der Waals surface area contributed by atoms with Gasteiger partial charge in [-0.1, -0.05) is 37.3 Å². The summed E-state index contributed by atoms with van der Waals surface area (Å²) in [5.41, 5.74) is 1.12. The molecule has 1 N–H and O–H groups in total. The van der Waals surface area contributed by atoms with Crippen molar-refractivity contribution in [3.8, 4) is 0 Å². The molecule has 2 aromatic rings. The molecule has 25 heavy (non-hydrogen) atoms. The largest absolute Gasteiger partial charge is 0.347 e. The molecule has 3 amide bonds. The molecule has 1 saturated heterocycles. The van der Waals surface area contributed by atoms with Crippen LogP contribution in [-0.4, -0.2) is 57.1 Å². The first-order chi connectivity index (χ1) is 12.0. The lowest BCUT2D eigenvalue weighted by Gasteiger charge is -2.46. The van der Waals surface area contributed by atoms with Crippen molar-refractivity contribution in [1.82, 2.24) is 24.6 Å². The van der Waals surface area contributed by atoms with Gasteiger partial charge in [-0.25, -0.2) is 14.5 Å². The third kappa shape index (κ3) is 3.62. The molecule has 2 heterocycles. The number of nitrogens with one attached hydrogen (secondary N) is 1. The lowest BCUT2D eigenvalue weighted by atomic mass is 9.85. The number of rotatable bonds is 4. The molecule has 0 radical (unpaired) electrons. The SMILES string of the molecule is CC1CN(C(=O)Nc2ncn(CC(=O)N(C)C)n2)C1c1ccccc1. The quantitative estimate of drug-likeness (QED) is 0.915. The third-order valence-corrected chi connectivity index (χ3v) is 4.31. The van der Waals surface area contributed by atoms with E-state index >= 15 is 0 Å². The van der Waals surface area contributed by atoms with Gasteiger partial charge in [0, 0.05) is 20.6 Å². The molecule has 0 bridgehead atoms. The zero-order valence-electron chi connectivity index (χ0n) is 14.6. The summed E-state index contributed by atoms with van der Waals surface area (Å²) in [4.78, 5) is 31.5. The minimum absolute atomic E-state index is 0.0543. The average molecular weight is 342 g/mol. The van der Waals surface area contributed by atoms with Crippen molar-refractivity contribution < 1.29 is 9.59 Å². The van der Waals surface area contributed by atoms with E-state index in [0.717, 1.165) is 5.56 Å². The minimum Gasteiger partial charge on any atom is -0.347 e. The van der Waals surface area contributed by atoms with Gasteiger partial charge in [0.25, 0.3) is 0 Å². The van der Waals surface area contributed by atoms with Crippen LogP contribution in [0.1, 0.15) is 18.5 Å². The lowest BCUT2D eigenvalue weighted by molar-refractivity contribution is -0.129. The molecule has 1 aromatic carbocycles. The van der Waals surface area contributed by atoms with Crippen LogP contribution in [0.25, 0.3) is 0 Å². The van der Waals surface area contributed by atoms with E-state index in [1.54, 1.807) is 19.0 Å². The Morgan fingerprint density at radius 1 is 1.28 bits per heavy atom. The predicted molar refractivity (Wildman–Crippen MR) is 92.8 cm³/mol. The van der Waals surface area contributed by atoms with Crippen LogP contribution < -0.4 is 5.32 Å². The number of hydrogen-bond acceptors (Lipinski definition) is 4. The zero-order valence-corrected chi connectivity index (χ0v) is 14.6. The highest BCUT2D eigenvalue weighted by Crippen LogP contribution is 2.38. The number of amides is 3. The summed E-state index contributed by atoms with van der Waals surface area (Å²) >= 11 is 0. The summed E-state index contributed by atoms with van der Waals surface area (Å²) in [6, 6.07) is 9.79. The summed E-state index contributed by atoms with van der Waals surface area (Å²) in [5.74, 6) is 0.503. The molecule has 2 atom stereocenters. The number of carbonyl (C=O) groups excluding carboxylic acids is 2. The Bertz CT molecular complexity index is 758. The molecule has 0 spiro atoms. The first kappa shape index (κ1) is 16.9. The van der Waals surface area contributed by atoms with Gasteiger partial charge in [-0.05, 0) is 11.5 Å². The van der Waals surface area contributed by atoms with Gasteiger partial charge in [0.1, 0.15) is 12.9 Å². The highest BCUT2D eigenvalue weighted by atomic mass is 16.2. The monoisotopic (exact) mass is 342 g/mol. The maximum absolute atomic E-state index is 12.5. The number of aromatic nitrogens is 3. The number of likely N-dealkylation sites (tertiary alicyclic amines) is 1. The van der Waals surface area contributed by atoms with Crippen LogP contribution in [0.5, 0.6) is 0 Å². The topological polar surface area (TPSA) is 83.4 Å². The second-order valence-electron chi connectivity index (χ2n) is 6.47. The molecule has 8 nitrogen and oxygen atoms in total. The maximum Gasteiger partial charge on any atom is 0.324 e. The van der Waals surface area contributed by atoms with Crippen molar-refractivity contribution >= 4 is 17.9 Å². The van der Waals surface area contributed by atoms with Gasteiger partial charge < -0.3 is 9.80 Å². The number of likely N-dealkylation sites (N-methyl/N-ethyl adjacent to an activating group) is 1. The first-order valence-corrected chi connectivity index (χ1v) is 8.18. The summed E-state index contributed by atoms with van der Waals surface area (Å²) in [7, 11) is 3.35. The van der Waals surface area contributed by atoms with Gasteiger partial charge in [0.05, 0.1) is 6.04 Å². The lowest BCUT2D eigenvalue weighted by Crippen LogP contribution is -2.53. The Hall–Kier alpha value is -2.90. The van der Waals surface area contributed by atoms with Gasteiger partial charge in [-0.2, -0.15) is 0 Å². The molecule has 1 aliphatic heterocycles. The van der Waals surface area contributed by atoms with Crippen molar-refractivity contribution in [2.24, 2.45) is 5.92 Å². The molecule has 2 unspecified atom stereocenters. The van der Waals surface area contributed by atoms with Gasteiger partial charge in [-0.3, -0.25) is 10.1 Å². The Labute approximate surface area is 146 Å². The molecule has 1 aromatic heterocycles. The number of nitrogens with zero attached hydrogens (tertiary/aromatic N) is 5. The van der Waals surface area contributed by atoms with Crippen LogP contribution in [0, 0.1) is 5.92 Å². The third-order valence-electron chi connectivity index (χ3n) is 4.31. The molecule has 0 saturated carbocycles. The molecule has 3 rings (SSSR count). The van der Waals surface area contributed by atoms with E-state index < -0.39 is 0 Å². The van der Waals surface area contributed by atoms with Crippen LogP contribution in [-0.2, 0) is 11.3 Å². The molecule has 1 aliphatic rings. The van der Waals surface area contributed by atoms with Crippen molar-refractivity contribution in [3.05, 3.63) is 42.2 Å². The predicted octanol–water partition coefficient (Wildman–Crippen LogP) is 1.59. The van der Waals surface area contributed by atoms with Crippen LogP contribution in [0.2, 0.25) is 0 Å². The van der Waals surface area contributed by atoms with Crippen LogP contribution in [0.3, 0.4) is 0 Å². The van der Waals surface area contributed by atoms with Gasteiger partial charge >= 0.3 is 6.03 Å². The molecular weight excluding hydrogens is 320 g/mol. The van der Waals surface area contributed by atoms with Gasteiger partial charge in [0.15, 0.2) is 0 Å². The molecule has 132 valence electrons. The molecular formula is C17H22N6O2. The maximum atomic E-state index is 12.5. The van der Waals surface area contributed by atoms with E-state index in [4.69, 9.17) is 0 Å². The van der Waals surface area contributed by atoms with E-state index in [1.165, 1.54) is 15.9 Å². The van der Waals surface area contributed by atoms with E-state index in [1.807, 2.05) is 30.3 Å². The number of benzene rings is 1. The normalized spacial score (nSPS) is 19.2. The van der Waals surface area contributed by atoms with Crippen molar-refractivity contribution in [2.75, 3.05) is 26.0 Å². The Kier molecular flexibility index (Phi) is 4.69. The van der Waals surface area contributed by atoms with E-state index in [2.05, 4.69) is 22.3 Å².